The van der Waals surface area contributed by atoms with Crippen LogP contribution < -0.4 is 10.1 Å². The van der Waals surface area contributed by atoms with Crippen LogP contribution in [0, 0.1) is 13.8 Å². The van der Waals surface area contributed by atoms with Crippen molar-refractivity contribution < 1.29 is 4.74 Å². The average Bonchev–Trinajstić information content (AvgIpc) is 2.88. The van der Waals surface area contributed by atoms with Crippen molar-refractivity contribution in [3.63, 3.8) is 0 Å². The fourth-order valence-corrected chi connectivity index (χ4v) is 3.71. The molecule has 0 fully saturated rings. The van der Waals surface area contributed by atoms with E-state index in [0.717, 1.165) is 28.2 Å². The van der Waals surface area contributed by atoms with Crippen LogP contribution in [0.1, 0.15) is 35.4 Å². The molecule has 3 rings (SSSR count). The first-order chi connectivity index (χ1) is 11.1. The summed E-state index contributed by atoms with van der Waals surface area (Å²) in [5, 5.41) is 4.74. The van der Waals surface area contributed by atoms with Crippen LogP contribution in [0.3, 0.4) is 0 Å². The third-order valence-electron chi connectivity index (χ3n) is 4.20. The van der Waals surface area contributed by atoms with Crippen LogP contribution >= 0.6 is 11.3 Å². The molecular formula is C18H21N3OS. The van der Waals surface area contributed by atoms with Crippen molar-refractivity contribution in [2.45, 2.75) is 33.2 Å². The Balaban J connectivity index is 1.95. The minimum Gasteiger partial charge on any atom is -0.497 e. The van der Waals surface area contributed by atoms with Gasteiger partial charge in [-0.2, -0.15) is 0 Å². The van der Waals surface area contributed by atoms with Gasteiger partial charge < -0.3 is 10.1 Å². The smallest absolute Gasteiger partial charge is 0.138 e. The van der Waals surface area contributed by atoms with Crippen LogP contribution in [0.25, 0.3) is 10.2 Å². The van der Waals surface area contributed by atoms with Crippen molar-refractivity contribution in [1.29, 1.82) is 0 Å². The van der Waals surface area contributed by atoms with E-state index in [4.69, 9.17) is 4.74 Å². The lowest BCUT2D eigenvalue weighted by atomic mass is 10.0. The number of nitrogens with zero attached hydrogens (tertiary/aromatic N) is 2. The van der Waals surface area contributed by atoms with Gasteiger partial charge in [0.1, 0.15) is 22.7 Å². The van der Waals surface area contributed by atoms with E-state index < -0.39 is 0 Å². The first kappa shape index (κ1) is 15.7. The zero-order chi connectivity index (χ0) is 16.4. The maximum Gasteiger partial charge on any atom is 0.138 e. The second kappa shape index (κ2) is 6.54. The summed E-state index contributed by atoms with van der Waals surface area (Å²) in [5.74, 6) is 1.79. The lowest BCUT2D eigenvalue weighted by molar-refractivity contribution is 0.414. The van der Waals surface area contributed by atoms with Gasteiger partial charge in [0.2, 0.25) is 0 Å². The SMILES string of the molecule is CC[C@H](Nc1ncnc2sc(C)c(C)c12)c1ccc(OC)cc1. The fourth-order valence-electron chi connectivity index (χ4n) is 2.71. The number of hydrogen-bond acceptors (Lipinski definition) is 5. The molecule has 5 heteroatoms. The van der Waals surface area contributed by atoms with E-state index in [1.54, 1.807) is 24.8 Å². The highest BCUT2D eigenvalue weighted by molar-refractivity contribution is 7.18. The third-order valence-corrected chi connectivity index (χ3v) is 5.32. The number of nitrogens with one attached hydrogen (secondary N) is 1. The molecule has 1 N–H and O–H groups in total. The summed E-state index contributed by atoms with van der Waals surface area (Å²) in [7, 11) is 1.68. The molecule has 120 valence electrons. The first-order valence-electron chi connectivity index (χ1n) is 7.75. The van der Waals surface area contributed by atoms with Gasteiger partial charge in [0.25, 0.3) is 0 Å². The van der Waals surface area contributed by atoms with Crippen molar-refractivity contribution in [3.8, 4) is 5.75 Å². The Morgan fingerprint density at radius 3 is 2.57 bits per heavy atom. The maximum absolute atomic E-state index is 5.24. The molecule has 2 aromatic heterocycles. The number of benzene rings is 1. The largest absolute Gasteiger partial charge is 0.497 e. The van der Waals surface area contributed by atoms with Crippen LogP contribution in [-0.2, 0) is 0 Å². The predicted octanol–water partition coefficient (Wildman–Crippen LogP) is 4.88. The molecule has 0 saturated heterocycles. The van der Waals surface area contributed by atoms with Gasteiger partial charge in [-0.3, -0.25) is 0 Å². The molecule has 2 heterocycles. The van der Waals surface area contributed by atoms with Crippen LogP contribution in [-0.4, -0.2) is 17.1 Å². The Morgan fingerprint density at radius 1 is 1.17 bits per heavy atom. The van der Waals surface area contributed by atoms with Crippen LogP contribution in [0.5, 0.6) is 5.75 Å². The molecule has 0 radical (unpaired) electrons. The molecule has 0 bridgehead atoms. The molecule has 1 atom stereocenters. The van der Waals surface area contributed by atoms with Gasteiger partial charge in [0, 0.05) is 4.88 Å². The zero-order valence-corrected chi connectivity index (χ0v) is 14.7. The summed E-state index contributed by atoms with van der Waals surface area (Å²) >= 11 is 1.72. The molecule has 1 aromatic carbocycles. The lowest BCUT2D eigenvalue weighted by Crippen LogP contribution is -2.11. The van der Waals surface area contributed by atoms with Gasteiger partial charge in [-0.1, -0.05) is 19.1 Å². The van der Waals surface area contributed by atoms with Crippen LogP contribution in [0.2, 0.25) is 0 Å². The lowest BCUT2D eigenvalue weighted by Gasteiger charge is -2.19. The first-order valence-corrected chi connectivity index (χ1v) is 8.56. The number of aryl methyl sites for hydroxylation is 2. The molecule has 0 spiro atoms. The predicted molar refractivity (Wildman–Crippen MR) is 96.5 cm³/mol. The number of aromatic nitrogens is 2. The summed E-state index contributed by atoms with van der Waals surface area (Å²) in [5.41, 5.74) is 2.49. The highest BCUT2D eigenvalue weighted by Crippen LogP contribution is 2.34. The van der Waals surface area contributed by atoms with Gasteiger partial charge >= 0.3 is 0 Å². The zero-order valence-electron chi connectivity index (χ0n) is 13.9. The molecule has 0 aliphatic carbocycles. The molecule has 0 aliphatic rings. The van der Waals surface area contributed by atoms with Crippen molar-refractivity contribution in [1.82, 2.24) is 9.97 Å². The van der Waals surface area contributed by atoms with Gasteiger partial charge in [0.05, 0.1) is 18.5 Å². The number of anilines is 1. The molecule has 0 unspecified atom stereocenters. The second-order valence-corrected chi connectivity index (χ2v) is 6.77. The minimum absolute atomic E-state index is 0.207. The monoisotopic (exact) mass is 327 g/mol. The van der Waals surface area contributed by atoms with E-state index in [0.29, 0.717) is 0 Å². The number of rotatable bonds is 5. The summed E-state index contributed by atoms with van der Waals surface area (Å²) in [4.78, 5) is 11.2. The van der Waals surface area contributed by atoms with E-state index in [1.807, 2.05) is 12.1 Å². The normalized spacial score (nSPS) is 12.3. The second-order valence-electron chi connectivity index (χ2n) is 5.56. The van der Waals surface area contributed by atoms with Gasteiger partial charge in [-0.25, -0.2) is 9.97 Å². The number of fused-ring (bicyclic) bond motifs is 1. The minimum atomic E-state index is 0.207. The number of thiophene rings is 1. The Morgan fingerprint density at radius 2 is 1.91 bits per heavy atom. The molecular weight excluding hydrogens is 306 g/mol. The average molecular weight is 327 g/mol. The summed E-state index contributed by atoms with van der Waals surface area (Å²) in [6.07, 6.45) is 2.61. The van der Waals surface area contributed by atoms with Gasteiger partial charge in [0.15, 0.2) is 0 Å². The highest BCUT2D eigenvalue weighted by atomic mass is 32.1. The van der Waals surface area contributed by atoms with Gasteiger partial charge in [-0.15, -0.1) is 11.3 Å². The summed E-state index contributed by atoms with van der Waals surface area (Å²) in [6.45, 7) is 6.44. The fraction of sp³-hybridized carbons (Fsp3) is 0.333. The van der Waals surface area contributed by atoms with Crippen molar-refractivity contribution in [3.05, 3.63) is 46.6 Å². The van der Waals surface area contributed by atoms with E-state index >= 15 is 0 Å². The molecule has 3 aromatic rings. The van der Waals surface area contributed by atoms with E-state index in [-0.39, 0.29) is 6.04 Å². The number of ether oxygens (including phenoxy) is 1. The Bertz CT molecular complexity index is 811. The highest BCUT2D eigenvalue weighted by Gasteiger charge is 2.16. The van der Waals surface area contributed by atoms with E-state index in [1.165, 1.54) is 16.0 Å². The quantitative estimate of drug-likeness (QED) is 0.725. The van der Waals surface area contributed by atoms with Crippen LogP contribution in [0.15, 0.2) is 30.6 Å². The van der Waals surface area contributed by atoms with E-state index in [2.05, 4.69) is 48.2 Å². The number of hydrogen-bond donors (Lipinski definition) is 1. The Hall–Kier alpha value is -2.14. The summed E-state index contributed by atoms with van der Waals surface area (Å²) in [6, 6.07) is 8.40. The van der Waals surface area contributed by atoms with Crippen molar-refractivity contribution in [2.24, 2.45) is 0 Å². The molecule has 23 heavy (non-hydrogen) atoms. The van der Waals surface area contributed by atoms with Gasteiger partial charge in [-0.05, 0) is 43.5 Å². The Kier molecular flexibility index (Phi) is 4.48. The molecule has 0 amide bonds. The van der Waals surface area contributed by atoms with Crippen molar-refractivity contribution in [2.75, 3.05) is 12.4 Å². The number of methoxy groups -OCH3 is 1. The topological polar surface area (TPSA) is 47.0 Å². The maximum atomic E-state index is 5.24. The van der Waals surface area contributed by atoms with Crippen molar-refractivity contribution >= 4 is 27.4 Å². The molecule has 4 nitrogen and oxygen atoms in total. The van der Waals surface area contributed by atoms with E-state index in [9.17, 15) is 0 Å². The standard InChI is InChI=1S/C18H21N3OS/c1-5-15(13-6-8-14(22-4)9-7-13)21-17-16-11(2)12(3)23-18(16)20-10-19-17/h6-10,15H,5H2,1-4H3,(H,19,20,21)/t15-/m0/s1. The Labute approximate surface area is 140 Å². The molecule has 0 aliphatic heterocycles. The van der Waals surface area contributed by atoms with Crippen LogP contribution in [0.4, 0.5) is 5.82 Å². The molecule has 0 saturated carbocycles. The summed E-state index contributed by atoms with van der Waals surface area (Å²) < 4.78 is 5.24. The third kappa shape index (κ3) is 3.01.